The average molecular weight is 333 g/mol. The van der Waals surface area contributed by atoms with Crippen molar-refractivity contribution in [1.82, 2.24) is 0 Å². The summed E-state index contributed by atoms with van der Waals surface area (Å²) in [6.07, 6.45) is 0.179. The standard InChI is InChI=1S/C16H10BrFO2/c17-12-7-10(5-6-13(12)18)8-14(19)16-9-11-3-1-2-4-15(11)20-16/h1-7,9H,8H2. The molecular weight excluding hydrogens is 323 g/mol. The largest absolute Gasteiger partial charge is 0.453 e. The molecule has 2 aromatic carbocycles. The Morgan fingerprint density at radius 3 is 2.70 bits per heavy atom. The number of carbonyl (C=O) groups is 1. The van der Waals surface area contributed by atoms with Crippen molar-refractivity contribution in [3.05, 3.63) is 70.1 Å². The summed E-state index contributed by atoms with van der Waals surface area (Å²) in [7, 11) is 0. The normalized spacial score (nSPS) is 10.9. The second-order valence-corrected chi connectivity index (χ2v) is 5.35. The van der Waals surface area contributed by atoms with E-state index in [1.165, 1.54) is 6.07 Å². The fourth-order valence-electron chi connectivity index (χ4n) is 2.04. The van der Waals surface area contributed by atoms with Gasteiger partial charge in [0.1, 0.15) is 11.4 Å². The number of carbonyl (C=O) groups excluding carboxylic acids is 1. The van der Waals surface area contributed by atoms with E-state index in [2.05, 4.69) is 15.9 Å². The van der Waals surface area contributed by atoms with E-state index in [1.807, 2.05) is 24.3 Å². The average Bonchev–Trinajstić information content (AvgIpc) is 2.87. The Morgan fingerprint density at radius 1 is 1.15 bits per heavy atom. The fraction of sp³-hybridized carbons (Fsp3) is 0.0625. The molecule has 0 saturated heterocycles. The van der Waals surface area contributed by atoms with E-state index in [1.54, 1.807) is 18.2 Å². The molecule has 0 spiro atoms. The molecule has 0 fully saturated rings. The summed E-state index contributed by atoms with van der Waals surface area (Å²) in [5.41, 5.74) is 1.43. The van der Waals surface area contributed by atoms with Crippen LogP contribution in [0.3, 0.4) is 0 Å². The van der Waals surface area contributed by atoms with E-state index in [0.29, 0.717) is 15.8 Å². The van der Waals surface area contributed by atoms with Gasteiger partial charge in [-0.25, -0.2) is 4.39 Å². The molecule has 0 atom stereocenters. The number of Topliss-reactive ketones (excluding diaryl/α,β-unsaturated/α-hetero) is 1. The van der Waals surface area contributed by atoms with Gasteiger partial charge in [0, 0.05) is 11.8 Å². The Labute approximate surface area is 123 Å². The topological polar surface area (TPSA) is 30.2 Å². The Hall–Kier alpha value is -1.94. The van der Waals surface area contributed by atoms with Crippen molar-refractivity contribution in [3.63, 3.8) is 0 Å². The first-order valence-electron chi connectivity index (χ1n) is 6.09. The lowest BCUT2D eigenvalue weighted by Crippen LogP contribution is -2.02. The van der Waals surface area contributed by atoms with Gasteiger partial charge in [-0.2, -0.15) is 0 Å². The van der Waals surface area contributed by atoms with Crippen molar-refractivity contribution in [3.8, 4) is 0 Å². The molecule has 0 aliphatic rings. The van der Waals surface area contributed by atoms with Crippen LogP contribution in [0.25, 0.3) is 11.0 Å². The summed E-state index contributed by atoms with van der Waals surface area (Å²) >= 11 is 3.11. The van der Waals surface area contributed by atoms with Crippen LogP contribution in [-0.2, 0) is 6.42 Å². The van der Waals surface area contributed by atoms with Crippen molar-refractivity contribution in [2.45, 2.75) is 6.42 Å². The fourth-order valence-corrected chi connectivity index (χ4v) is 2.47. The van der Waals surface area contributed by atoms with E-state index < -0.39 is 0 Å². The maximum atomic E-state index is 13.1. The van der Waals surface area contributed by atoms with Crippen molar-refractivity contribution in [2.75, 3.05) is 0 Å². The van der Waals surface area contributed by atoms with Crippen LogP contribution >= 0.6 is 15.9 Å². The Kier molecular flexibility index (Phi) is 3.40. The summed E-state index contributed by atoms with van der Waals surface area (Å²) in [6, 6.07) is 13.7. The van der Waals surface area contributed by atoms with E-state index >= 15 is 0 Å². The van der Waals surface area contributed by atoms with Gasteiger partial charge in [0.05, 0.1) is 4.47 Å². The van der Waals surface area contributed by atoms with E-state index in [0.717, 1.165) is 10.9 Å². The summed E-state index contributed by atoms with van der Waals surface area (Å²) < 4.78 is 19.0. The molecule has 2 nitrogen and oxygen atoms in total. The SMILES string of the molecule is O=C(Cc1ccc(F)c(Br)c1)c1cc2ccccc2o1. The lowest BCUT2D eigenvalue weighted by Gasteiger charge is -2.00. The smallest absolute Gasteiger partial charge is 0.202 e. The number of para-hydroxylation sites is 1. The van der Waals surface area contributed by atoms with Crippen LogP contribution in [0.4, 0.5) is 4.39 Å². The van der Waals surface area contributed by atoms with Gasteiger partial charge in [0.15, 0.2) is 5.76 Å². The maximum absolute atomic E-state index is 13.1. The molecule has 1 aromatic heterocycles. The maximum Gasteiger partial charge on any atom is 0.202 e. The van der Waals surface area contributed by atoms with Crippen molar-refractivity contribution in [1.29, 1.82) is 0 Å². The van der Waals surface area contributed by atoms with Crippen molar-refractivity contribution >= 4 is 32.7 Å². The number of hydrogen-bond donors (Lipinski definition) is 0. The van der Waals surface area contributed by atoms with Gasteiger partial charge < -0.3 is 4.42 Å². The molecule has 20 heavy (non-hydrogen) atoms. The van der Waals surface area contributed by atoms with Crippen LogP contribution < -0.4 is 0 Å². The van der Waals surface area contributed by atoms with E-state index in [9.17, 15) is 9.18 Å². The predicted octanol–water partition coefficient (Wildman–Crippen LogP) is 4.76. The van der Waals surface area contributed by atoms with Gasteiger partial charge in [-0.15, -0.1) is 0 Å². The van der Waals surface area contributed by atoms with Gasteiger partial charge in [0.2, 0.25) is 5.78 Å². The number of fused-ring (bicyclic) bond motifs is 1. The number of rotatable bonds is 3. The zero-order valence-corrected chi connectivity index (χ0v) is 12.0. The molecule has 0 unspecified atom stereocenters. The highest BCUT2D eigenvalue weighted by Gasteiger charge is 2.13. The van der Waals surface area contributed by atoms with E-state index in [4.69, 9.17) is 4.42 Å². The molecule has 100 valence electrons. The Morgan fingerprint density at radius 2 is 1.95 bits per heavy atom. The summed E-state index contributed by atoms with van der Waals surface area (Å²) in [6.45, 7) is 0. The Balaban J connectivity index is 1.86. The van der Waals surface area contributed by atoms with Crippen molar-refractivity contribution < 1.29 is 13.6 Å². The molecule has 0 aliphatic heterocycles. The van der Waals surface area contributed by atoms with Crippen LogP contribution in [-0.4, -0.2) is 5.78 Å². The van der Waals surface area contributed by atoms with Gasteiger partial charge in [-0.1, -0.05) is 24.3 Å². The molecule has 0 saturated carbocycles. The lowest BCUT2D eigenvalue weighted by atomic mass is 10.1. The Bertz CT molecular complexity index is 759. The third-order valence-corrected chi connectivity index (χ3v) is 3.66. The minimum absolute atomic E-state index is 0.125. The first-order valence-corrected chi connectivity index (χ1v) is 6.88. The molecule has 3 rings (SSSR count). The number of hydrogen-bond acceptors (Lipinski definition) is 2. The second kappa shape index (κ2) is 5.21. The predicted molar refractivity (Wildman–Crippen MR) is 78.3 cm³/mol. The van der Waals surface area contributed by atoms with Crippen LogP contribution in [0.5, 0.6) is 0 Å². The minimum atomic E-state index is -0.343. The molecule has 0 amide bonds. The van der Waals surface area contributed by atoms with E-state index in [-0.39, 0.29) is 18.0 Å². The highest BCUT2D eigenvalue weighted by atomic mass is 79.9. The zero-order chi connectivity index (χ0) is 14.1. The molecule has 0 N–H and O–H groups in total. The monoisotopic (exact) mass is 332 g/mol. The first kappa shape index (κ1) is 13.1. The van der Waals surface area contributed by atoms with Crippen LogP contribution in [0.2, 0.25) is 0 Å². The third-order valence-electron chi connectivity index (χ3n) is 3.05. The lowest BCUT2D eigenvalue weighted by molar-refractivity contribution is 0.0968. The minimum Gasteiger partial charge on any atom is -0.453 e. The zero-order valence-electron chi connectivity index (χ0n) is 10.4. The van der Waals surface area contributed by atoms with Crippen molar-refractivity contribution in [2.24, 2.45) is 0 Å². The number of halogens is 2. The summed E-state index contributed by atoms with van der Waals surface area (Å²) in [5, 5.41) is 0.899. The number of furan rings is 1. The summed E-state index contributed by atoms with van der Waals surface area (Å²) in [4.78, 5) is 12.2. The molecule has 0 radical (unpaired) electrons. The van der Waals surface area contributed by atoms with Crippen LogP contribution in [0, 0.1) is 5.82 Å². The quantitative estimate of drug-likeness (QED) is 0.647. The first-order chi connectivity index (χ1) is 9.63. The third kappa shape index (κ3) is 2.51. The molecule has 4 heteroatoms. The summed E-state index contributed by atoms with van der Waals surface area (Å²) in [5.74, 6) is -0.142. The molecule has 1 heterocycles. The van der Waals surface area contributed by atoms with Gasteiger partial charge in [0.25, 0.3) is 0 Å². The van der Waals surface area contributed by atoms with Crippen LogP contribution in [0.1, 0.15) is 16.1 Å². The molecule has 3 aromatic rings. The molecule has 0 aliphatic carbocycles. The molecular formula is C16H10BrFO2. The number of ketones is 1. The van der Waals surface area contributed by atoms with Gasteiger partial charge in [-0.05, 0) is 45.8 Å². The van der Waals surface area contributed by atoms with Crippen LogP contribution in [0.15, 0.2) is 57.4 Å². The highest BCUT2D eigenvalue weighted by Crippen LogP contribution is 2.22. The van der Waals surface area contributed by atoms with Gasteiger partial charge >= 0.3 is 0 Å². The number of benzene rings is 2. The second-order valence-electron chi connectivity index (χ2n) is 4.50. The molecule has 0 bridgehead atoms. The van der Waals surface area contributed by atoms with Gasteiger partial charge in [-0.3, -0.25) is 4.79 Å². The highest BCUT2D eigenvalue weighted by molar-refractivity contribution is 9.10.